The summed E-state index contributed by atoms with van der Waals surface area (Å²) in [6.45, 7) is 1.88. The molecular formula is C13H16F2O. The van der Waals surface area contributed by atoms with Gasteiger partial charge in [-0.05, 0) is 42.7 Å². The Morgan fingerprint density at radius 3 is 2.31 bits per heavy atom. The van der Waals surface area contributed by atoms with E-state index in [9.17, 15) is 13.9 Å². The highest BCUT2D eigenvalue weighted by Crippen LogP contribution is 2.47. The van der Waals surface area contributed by atoms with E-state index in [2.05, 4.69) is 0 Å². The third-order valence-electron chi connectivity index (χ3n) is 3.57. The van der Waals surface area contributed by atoms with E-state index in [1.165, 1.54) is 18.2 Å². The Balaban J connectivity index is 2.25. The average molecular weight is 226 g/mol. The van der Waals surface area contributed by atoms with Gasteiger partial charge in [0.05, 0.1) is 0 Å². The smallest absolute Gasteiger partial charge is 0.129 e. The van der Waals surface area contributed by atoms with Crippen molar-refractivity contribution in [3.05, 3.63) is 35.4 Å². The van der Waals surface area contributed by atoms with E-state index in [-0.39, 0.29) is 24.0 Å². The molecule has 0 saturated heterocycles. The molecule has 1 atom stereocenters. The van der Waals surface area contributed by atoms with Crippen LogP contribution in [0.25, 0.3) is 0 Å². The monoisotopic (exact) mass is 226 g/mol. The quantitative estimate of drug-likeness (QED) is 0.837. The molecule has 16 heavy (non-hydrogen) atoms. The first-order valence-corrected chi connectivity index (χ1v) is 5.60. The fourth-order valence-corrected chi connectivity index (χ4v) is 2.21. The summed E-state index contributed by atoms with van der Waals surface area (Å²) in [6, 6.07) is 3.90. The highest BCUT2D eigenvalue weighted by molar-refractivity contribution is 5.21. The molecule has 1 unspecified atom stereocenters. The minimum Gasteiger partial charge on any atom is -0.396 e. The van der Waals surface area contributed by atoms with Crippen LogP contribution in [0.1, 0.15) is 25.3 Å². The lowest BCUT2D eigenvalue weighted by Crippen LogP contribution is -2.27. The van der Waals surface area contributed by atoms with Crippen LogP contribution < -0.4 is 0 Å². The van der Waals surface area contributed by atoms with Crippen molar-refractivity contribution in [2.45, 2.75) is 26.2 Å². The Labute approximate surface area is 94.1 Å². The van der Waals surface area contributed by atoms with Crippen molar-refractivity contribution < 1.29 is 13.9 Å². The van der Waals surface area contributed by atoms with Crippen LogP contribution in [0, 0.1) is 23.0 Å². The Morgan fingerprint density at radius 2 is 1.88 bits per heavy atom. The maximum absolute atomic E-state index is 13.5. The second-order valence-electron chi connectivity index (χ2n) is 4.96. The van der Waals surface area contributed by atoms with Crippen molar-refractivity contribution in [1.29, 1.82) is 0 Å². The predicted molar refractivity (Wildman–Crippen MR) is 58.0 cm³/mol. The summed E-state index contributed by atoms with van der Waals surface area (Å²) in [6.07, 6.45) is 2.37. The van der Waals surface area contributed by atoms with E-state index in [4.69, 9.17) is 0 Å². The minimum absolute atomic E-state index is 0.0224. The van der Waals surface area contributed by atoms with Gasteiger partial charge in [0.2, 0.25) is 0 Å². The fraction of sp³-hybridized carbons (Fsp3) is 0.538. The Kier molecular flexibility index (Phi) is 2.98. The fourth-order valence-electron chi connectivity index (χ4n) is 2.21. The van der Waals surface area contributed by atoms with Gasteiger partial charge < -0.3 is 5.11 Å². The summed E-state index contributed by atoms with van der Waals surface area (Å²) in [5.41, 5.74) is -0.283. The molecule has 1 saturated carbocycles. The molecule has 88 valence electrons. The maximum atomic E-state index is 13.5. The molecule has 1 aliphatic carbocycles. The number of benzene rings is 1. The minimum atomic E-state index is -0.514. The summed E-state index contributed by atoms with van der Waals surface area (Å²) < 4.78 is 27.0. The van der Waals surface area contributed by atoms with Crippen LogP contribution in [0.2, 0.25) is 0 Å². The molecule has 0 heterocycles. The van der Waals surface area contributed by atoms with Gasteiger partial charge in [-0.25, -0.2) is 8.78 Å². The number of aliphatic hydroxyl groups is 1. The highest BCUT2D eigenvalue weighted by atomic mass is 19.1. The molecule has 1 N–H and O–H groups in total. The standard InChI is InChI=1S/C13H16F2O/c1-13(8-16,9-5-6-9)7-10-11(14)3-2-4-12(10)15/h2-4,9,16H,5-8H2,1H3. The van der Waals surface area contributed by atoms with E-state index >= 15 is 0 Å². The lowest BCUT2D eigenvalue weighted by molar-refractivity contribution is 0.117. The SMILES string of the molecule is CC(CO)(Cc1c(F)cccc1F)C1CC1. The zero-order valence-corrected chi connectivity index (χ0v) is 9.34. The van der Waals surface area contributed by atoms with Crippen molar-refractivity contribution in [3.8, 4) is 0 Å². The topological polar surface area (TPSA) is 20.2 Å². The molecule has 0 radical (unpaired) electrons. The summed E-state index contributed by atoms with van der Waals surface area (Å²) in [5.74, 6) is -0.628. The maximum Gasteiger partial charge on any atom is 0.129 e. The molecule has 2 rings (SSSR count). The van der Waals surface area contributed by atoms with Crippen molar-refractivity contribution in [1.82, 2.24) is 0 Å². The Morgan fingerprint density at radius 1 is 1.31 bits per heavy atom. The lowest BCUT2D eigenvalue weighted by atomic mass is 9.79. The summed E-state index contributed by atoms with van der Waals surface area (Å²) in [7, 11) is 0. The van der Waals surface area contributed by atoms with Crippen LogP contribution in [-0.2, 0) is 6.42 Å². The summed E-state index contributed by atoms with van der Waals surface area (Å²) in [4.78, 5) is 0. The molecule has 0 aliphatic heterocycles. The zero-order valence-electron chi connectivity index (χ0n) is 9.34. The Hall–Kier alpha value is -0.960. The third-order valence-corrected chi connectivity index (χ3v) is 3.57. The van der Waals surface area contributed by atoms with Crippen molar-refractivity contribution in [2.75, 3.05) is 6.61 Å². The van der Waals surface area contributed by atoms with Gasteiger partial charge in [-0.1, -0.05) is 13.0 Å². The molecule has 0 aromatic heterocycles. The predicted octanol–water partition coefficient (Wildman–Crippen LogP) is 2.92. The molecule has 0 spiro atoms. The van der Waals surface area contributed by atoms with Gasteiger partial charge >= 0.3 is 0 Å². The molecule has 0 amide bonds. The second kappa shape index (κ2) is 4.13. The normalized spacial score (nSPS) is 19.5. The van der Waals surface area contributed by atoms with Crippen molar-refractivity contribution in [2.24, 2.45) is 11.3 Å². The average Bonchev–Trinajstić information content (AvgIpc) is 3.07. The first-order valence-electron chi connectivity index (χ1n) is 5.60. The van der Waals surface area contributed by atoms with Crippen LogP contribution >= 0.6 is 0 Å². The highest BCUT2D eigenvalue weighted by Gasteiger charge is 2.41. The number of rotatable bonds is 4. The molecule has 0 bridgehead atoms. The van der Waals surface area contributed by atoms with Gasteiger partial charge in [0, 0.05) is 12.2 Å². The lowest BCUT2D eigenvalue weighted by Gasteiger charge is -2.27. The molecule has 3 heteroatoms. The van der Waals surface area contributed by atoms with Gasteiger partial charge in [0.25, 0.3) is 0 Å². The van der Waals surface area contributed by atoms with Gasteiger partial charge in [-0.15, -0.1) is 0 Å². The number of aliphatic hydroxyl groups excluding tert-OH is 1. The number of halogens is 2. The molecule has 1 fully saturated rings. The van der Waals surface area contributed by atoms with Crippen LogP contribution in [-0.4, -0.2) is 11.7 Å². The second-order valence-corrected chi connectivity index (χ2v) is 4.96. The van der Waals surface area contributed by atoms with Crippen LogP contribution in [0.4, 0.5) is 8.78 Å². The van der Waals surface area contributed by atoms with Crippen LogP contribution in [0.5, 0.6) is 0 Å². The molecule has 1 nitrogen and oxygen atoms in total. The van der Waals surface area contributed by atoms with E-state index < -0.39 is 11.6 Å². The van der Waals surface area contributed by atoms with E-state index in [1.807, 2.05) is 6.92 Å². The molecular weight excluding hydrogens is 210 g/mol. The number of hydrogen-bond acceptors (Lipinski definition) is 1. The van der Waals surface area contributed by atoms with Gasteiger partial charge in [0.1, 0.15) is 11.6 Å². The first kappa shape index (κ1) is 11.5. The summed E-state index contributed by atoms with van der Waals surface area (Å²) in [5, 5.41) is 9.39. The molecule has 1 aromatic carbocycles. The van der Waals surface area contributed by atoms with Crippen LogP contribution in [0.3, 0.4) is 0 Å². The van der Waals surface area contributed by atoms with Gasteiger partial charge in [-0.2, -0.15) is 0 Å². The molecule has 1 aliphatic rings. The molecule has 1 aromatic rings. The third kappa shape index (κ3) is 2.09. The van der Waals surface area contributed by atoms with Crippen molar-refractivity contribution >= 4 is 0 Å². The number of hydrogen-bond donors (Lipinski definition) is 1. The first-order chi connectivity index (χ1) is 7.57. The largest absolute Gasteiger partial charge is 0.396 e. The van der Waals surface area contributed by atoms with E-state index in [0.717, 1.165) is 12.8 Å². The van der Waals surface area contributed by atoms with E-state index in [0.29, 0.717) is 5.92 Å². The van der Waals surface area contributed by atoms with Crippen molar-refractivity contribution in [3.63, 3.8) is 0 Å². The zero-order chi connectivity index (χ0) is 11.8. The van der Waals surface area contributed by atoms with Gasteiger partial charge in [-0.3, -0.25) is 0 Å². The Bertz CT molecular complexity index is 367. The van der Waals surface area contributed by atoms with Crippen LogP contribution in [0.15, 0.2) is 18.2 Å². The van der Waals surface area contributed by atoms with E-state index in [1.54, 1.807) is 0 Å². The summed E-state index contributed by atoms with van der Waals surface area (Å²) >= 11 is 0. The van der Waals surface area contributed by atoms with Gasteiger partial charge in [0.15, 0.2) is 0 Å².